The highest BCUT2D eigenvalue weighted by Crippen LogP contribution is 2.21. The lowest BCUT2D eigenvalue weighted by Crippen LogP contribution is -2.38. The average Bonchev–Trinajstić information content (AvgIpc) is 2.20. The molecule has 0 fully saturated rings. The Kier molecular flexibility index (Phi) is 7.80. The van der Waals surface area contributed by atoms with Crippen LogP contribution in [-0.2, 0) is 4.79 Å². The van der Waals surface area contributed by atoms with Crippen LogP contribution in [0.2, 0.25) is 0 Å². The topological polar surface area (TPSA) is 20.3 Å². The van der Waals surface area contributed by atoms with Gasteiger partial charge in [-0.1, -0.05) is 47.6 Å². The minimum absolute atomic E-state index is 0.136. The van der Waals surface area contributed by atoms with Gasteiger partial charge in [-0.2, -0.15) is 11.8 Å². The van der Waals surface area contributed by atoms with Gasteiger partial charge in [0.2, 0.25) is 5.91 Å². The normalized spacial score (nSPS) is 12.3. The van der Waals surface area contributed by atoms with Crippen LogP contribution in [0.5, 0.6) is 0 Å². The van der Waals surface area contributed by atoms with Crippen molar-refractivity contribution in [1.29, 1.82) is 0 Å². The number of carbonyl (C=O) groups excluding carboxylic acids is 1. The quantitative estimate of drug-likeness (QED) is 0.516. The molecule has 0 aromatic rings. The van der Waals surface area contributed by atoms with Crippen LogP contribution in [0.25, 0.3) is 0 Å². The monoisotopic (exact) mass is 285 g/mol. The van der Waals surface area contributed by atoms with Crippen molar-refractivity contribution in [3.8, 4) is 0 Å². The van der Waals surface area contributed by atoms with Gasteiger partial charge in [-0.05, 0) is 16.6 Å². The summed E-state index contributed by atoms with van der Waals surface area (Å²) in [5.41, 5.74) is 0.469. The summed E-state index contributed by atoms with van der Waals surface area (Å²) in [5.74, 6) is 2.26. The van der Waals surface area contributed by atoms with Crippen LogP contribution in [0.3, 0.4) is 0 Å². The molecule has 0 aliphatic carbocycles. The Morgan fingerprint density at radius 2 is 1.74 bits per heavy atom. The summed E-state index contributed by atoms with van der Waals surface area (Å²) in [4.78, 5) is 14.1. The summed E-state index contributed by atoms with van der Waals surface area (Å²) in [6.07, 6.45) is 2.44. The molecular weight excluding hydrogens is 254 g/mol. The van der Waals surface area contributed by atoms with Crippen LogP contribution in [0.15, 0.2) is 12.7 Å². The van der Waals surface area contributed by atoms with Crippen molar-refractivity contribution in [2.24, 2.45) is 10.8 Å². The molecule has 19 heavy (non-hydrogen) atoms. The first kappa shape index (κ1) is 18.6. The van der Waals surface area contributed by atoms with E-state index in [9.17, 15) is 4.79 Å². The van der Waals surface area contributed by atoms with Crippen molar-refractivity contribution in [3.05, 3.63) is 12.7 Å². The number of amides is 1. The highest BCUT2D eigenvalue weighted by Gasteiger charge is 2.20. The van der Waals surface area contributed by atoms with Gasteiger partial charge in [0.1, 0.15) is 0 Å². The Labute approximate surface area is 124 Å². The van der Waals surface area contributed by atoms with Crippen LogP contribution in [0.4, 0.5) is 0 Å². The molecule has 2 nitrogen and oxygen atoms in total. The molecule has 0 radical (unpaired) electrons. The zero-order valence-electron chi connectivity index (χ0n) is 13.6. The van der Waals surface area contributed by atoms with Crippen molar-refractivity contribution in [3.63, 3.8) is 0 Å². The van der Waals surface area contributed by atoms with Gasteiger partial charge < -0.3 is 4.90 Å². The zero-order valence-corrected chi connectivity index (χ0v) is 14.4. The van der Waals surface area contributed by atoms with Crippen LogP contribution in [-0.4, -0.2) is 35.4 Å². The summed E-state index contributed by atoms with van der Waals surface area (Å²) < 4.78 is 0. The molecule has 0 unspecified atom stereocenters. The molecule has 0 spiro atoms. The number of carbonyl (C=O) groups is 1. The van der Waals surface area contributed by atoms with Crippen molar-refractivity contribution < 1.29 is 4.79 Å². The highest BCUT2D eigenvalue weighted by atomic mass is 32.2. The van der Waals surface area contributed by atoms with Gasteiger partial charge in [-0.3, -0.25) is 4.79 Å². The first-order valence-electron chi connectivity index (χ1n) is 7.01. The zero-order chi connectivity index (χ0) is 15.1. The second-order valence-corrected chi connectivity index (χ2v) is 8.59. The standard InChI is InChI=1S/C16H31NOS/c1-8-10-17(12-15(2,3)4)14(18)9-11-19-13-16(5,6)7/h8H,1,9-13H2,2-7H3. The maximum atomic E-state index is 12.2. The number of nitrogens with zero attached hydrogens (tertiary/aromatic N) is 1. The van der Waals surface area contributed by atoms with E-state index in [1.54, 1.807) is 0 Å². The first-order chi connectivity index (χ1) is 8.55. The fourth-order valence-electron chi connectivity index (χ4n) is 1.68. The van der Waals surface area contributed by atoms with Crippen LogP contribution in [0.1, 0.15) is 48.0 Å². The Morgan fingerprint density at radius 3 is 2.16 bits per heavy atom. The van der Waals surface area contributed by atoms with Crippen molar-refractivity contribution in [2.75, 3.05) is 24.6 Å². The molecule has 0 heterocycles. The third kappa shape index (κ3) is 11.1. The fourth-order valence-corrected chi connectivity index (χ4v) is 2.75. The average molecular weight is 285 g/mol. The lowest BCUT2D eigenvalue weighted by atomic mass is 9.96. The molecular formula is C16H31NOS. The molecule has 0 N–H and O–H groups in total. The SMILES string of the molecule is C=CCN(CC(C)(C)C)C(=O)CCSCC(C)(C)C. The number of thioether (sulfide) groups is 1. The Bertz CT molecular complexity index is 286. The molecule has 0 aromatic carbocycles. The van der Waals surface area contributed by atoms with Crippen LogP contribution >= 0.6 is 11.8 Å². The van der Waals surface area contributed by atoms with Crippen LogP contribution in [0, 0.1) is 10.8 Å². The van der Waals surface area contributed by atoms with Gasteiger partial charge in [0.05, 0.1) is 0 Å². The van der Waals surface area contributed by atoms with Gasteiger partial charge in [-0.15, -0.1) is 6.58 Å². The summed E-state index contributed by atoms with van der Waals surface area (Å²) in [5, 5.41) is 0. The molecule has 0 bridgehead atoms. The molecule has 0 atom stereocenters. The van der Waals surface area contributed by atoms with E-state index in [1.807, 2.05) is 22.7 Å². The first-order valence-corrected chi connectivity index (χ1v) is 8.17. The maximum absolute atomic E-state index is 12.2. The van der Waals surface area contributed by atoms with Crippen LogP contribution < -0.4 is 0 Å². The number of hydrogen-bond acceptors (Lipinski definition) is 2. The number of rotatable bonds is 7. The van der Waals surface area contributed by atoms with Crippen molar-refractivity contribution >= 4 is 17.7 Å². The van der Waals surface area contributed by atoms with Gasteiger partial charge in [0, 0.05) is 25.3 Å². The van der Waals surface area contributed by atoms with E-state index < -0.39 is 0 Å². The van der Waals surface area contributed by atoms with E-state index in [0.717, 1.165) is 18.1 Å². The molecule has 3 heteroatoms. The predicted molar refractivity (Wildman–Crippen MR) is 87.6 cm³/mol. The Hall–Kier alpha value is -0.440. The highest BCUT2D eigenvalue weighted by molar-refractivity contribution is 7.99. The van der Waals surface area contributed by atoms with Gasteiger partial charge >= 0.3 is 0 Å². The Morgan fingerprint density at radius 1 is 1.16 bits per heavy atom. The summed E-state index contributed by atoms with van der Waals surface area (Å²) in [6, 6.07) is 0. The lowest BCUT2D eigenvalue weighted by Gasteiger charge is -2.29. The van der Waals surface area contributed by atoms with E-state index >= 15 is 0 Å². The summed E-state index contributed by atoms with van der Waals surface area (Å²) >= 11 is 1.87. The maximum Gasteiger partial charge on any atom is 0.223 e. The van der Waals surface area contributed by atoms with Crippen molar-refractivity contribution in [1.82, 2.24) is 4.90 Å². The smallest absolute Gasteiger partial charge is 0.223 e. The Balaban J connectivity index is 4.15. The fraction of sp³-hybridized carbons (Fsp3) is 0.812. The largest absolute Gasteiger partial charge is 0.338 e. The third-order valence-electron chi connectivity index (χ3n) is 2.36. The lowest BCUT2D eigenvalue weighted by molar-refractivity contribution is -0.131. The van der Waals surface area contributed by atoms with Crippen molar-refractivity contribution in [2.45, 2.75) is 48.0 Å². The molecule has 0 aliphatic rings. The molecule has 0 aromatic heterocycles. The van der Waals surface area contributed by atoms with Gasteiger partial charge in [0.25, 0.3) is 0 Å². The molecule has 0 aliphatic heterocycles. The van der Waals surface area contributed by atoms with E-state index in [0.29, 0.717) is 18.4 Å². The minimum Gasteiger partial charge on any atom is -0.338 e. The second-order valence-electron chi connectivity index (χ2n) is 7.49. The van der Waals surface area contributed by atoms with E-state index in [4.69, 9.17) is 0 Å². The molecule has 0 saturated carbocycles. The molecule has 112 valence electrons. The predicted octanol–water partition coefficient (Wildman–Crippen LogP) is 4.22. The third-order valence-corrected chi connectivity index (χ3v) is 3.93. The molecule has 0 saturated heterocycles. The minimum atomic E-state index is 0.136. The molecule has 0 rings (SSSR count). The summed E-state index contributed by atoms with van der Waals surface area (Å²) in [7, 11) is 0. The summed E-state index contributed by atoms with van der Waals surface area (Å²) in [6.45, 7) is 18.3. The number of hydrogen-bond donors (Lipinski definition) is 0. The van der Waals surface area contributed by atoms with E-state index in [1.165, 1.54) is 0 Å². The second kappa shape index (κ2) is 7.98. The van der Waals surface area contributed by atoms with Gasteiger partial charge in [-0.25, -0.2) is 0 Å². The van der Waals surface area contributed by atoms with E-state index in [2.05, 4.69) is 48.1 Å². The van der Waals surface area contributed by atoms with E-state index in [-0.39, 0.29) is 11.3 Å². The molecule has 1 amide bonds. The van der Waals surface area contributed by atoms with Gasteiger partial charge in [0.15, 0.2) is 0 Å².